The minimum atomic E-state index is -0.0674. The lowest BCUT2D eigenvalue weighted by atomic mass is 10.2. The molecule has 0 fully saturated rings. The fourth-order valence-electron chi connectivity index (χ4n) is 3.18. The van der Waals surface area contributed by atoms with Crippen LogP contribution in [0.5, 0.6) is 5.75 Å². The number of anilines is 2. The van der Waals surface area contributed by atoms with Gasteiger partial charge < -0.3 is 26.1 Å². The number of nitrogens with zero attached hydrogens (tertiary/aromatic N) is 2. The molecule has 8 heteroatoms. The summed E-state index contributed by atoms with van der Waals surface area (Å²) < 4.78 is 5.85. The summed E-state index contributed by atoms with van der Waals surface area (Å²) in [5, 5.41) is 6.94. The number of carbonyl (C=O) groups is 1. The molecule has 5 N–H and O–H groups in total. The number of nitrogen functional groups attached to an aromatic ring is 1. The fourth-order valence-corrected chi connectivity index (χ4v) is 3.18. The Kier molecular flexibility index (Phi) is 5.98. The SMILES string of the molecule is CC(=O)NCCNc1nc(-c2ccccc2)nc2[nH]c(COc3cccc(N)c3)cc12. The van der Waals surface area contributed by atoms with Crippen molar-refractivity contribution < 1.29 is 9.53 Å². The molecular weight excluding hydrogens is 392 g/mol. The molecule has 0 aliphatic rings. The van der Waals surface area contributed by atoms with Gasteiger partial charge in [0, 0.05) is 37.3 Å². The number of carbonyl (C=O) groups excluding carboxylic acids is 1. The lowest BCUT2D eigenvalue weighted by Crippen LogP contribution is -2.26. The van der Waals surface area contributed by atoms with Crippen molar-refractivity contribution in [3.8, 4) is 17.1 Å². The summed E-state index contributed by atoms with van der Waals surface area (Å²) in [6.45, 7) is 2.87. The molecule has 0 atom stereocenters. The Morgan fingerprint density at radius 3 is 2.68 bits per heavy atom. The second-order valence-corrected chi connectivity index (χ2v) is 7.09. The van der Waals surface area contributed by atoms with E-state index in [1.54, 1.807) is 6.07 Å². The first-order valence-electron chi connectivity index (χ1n) is 10.0. The standard InChI is InChI=1S/C23H24N6O2/c1-15(30)25-10-11-26-22-20-13-18(14-31-19-9-5-8-17(24)12-19)27-23(20)29-21(28-22)16-6-3-2-4-7-16/h2-9,12-13H,10-11,14,24H2,1H3,(H,25,30)(H2,26,27,28,29). The Balaban J connectivity index is 1.61. The second-order valence-electron chi connectivity index (χ2n) is 7.09. The van der Waals surface area contributed by atoms with Crippen molar-refractivity contribution in [2.75, 3.05) is 24.1 Å². The van der Waals surface area contributed by atoms with Crippen LogP contribution in [0, 0.1) is 0 Å². The topological polar surface area (TPSA) is 118 Å². The van der Waals surface area contributed by atoms with Crippen molar-refractivity contribution in [3.05, 3.63) is 66.4 Å². The molecule has 8 nitrogen and oxygen atoms in total. The number of benzene rings is 2. The summed E-state index contributed by atoms with van der Waals surface area (Å²) in [5.74, 6) is 1.94. The molecule has 31 heavy (non-hydrogen) atoms. The number of rotatable bonds is 8. The molecule has 0 spiro atoms. The molecule has 2 heterocycles. The number of aromatic amines is 1. The number of ether oxygens (including phenoxy) is 1. The smallest absolute Gasteiger partial charge is 0.216 e. The number of H-pyrrole nitrogens is 1. The van der Waals surface area contributed by atoms with E-state index in [1.165, 1.54) is 6.92 Å². The number of amides is 1. The highest BCUT2D eigenvalue weighted by Gasteiger charge is 2.13. The molecule has 2 aromatic carbocycles. The van der Waals surface area contributed by atoms with Gasteiger partial charge >= 0.3 is 0 Å². The predicted octanol–water partition coefficient (Wildman–Crippen LogP) is 3.33. The van der Waals surface area contributed by atoms with Gasteiger partial charge in [0.2, 0.25) is 5.91 Å². The van der Waals surface area contributed by atoms with Crippen LogP contribution in [0.3, 0.4) is 0 Å². The second kappa shape index (κ2) is 9.17. The van der Waals surface area contributed by atoms with Crippen LogP contribution in [0.2, 0.25) is 0 Å². The first-order valence-corrected chi connectivity index (χ1v) is 10.0. The first-order chi connectivity index (χ1) is 15.1. The van der Waals surface area contributed by atoms with Crippen LogP contribution >= 0.6 is 0 Å². The van der Waals surface area contributed by atoms with Gasteiger partial charge in [0.15, 0.2) is 5.82 Å². The van der Waals surface area contributed by atoms with E-state index in [-0.39, 0.29) is 5.91 Å². The van der Waals surface area contributed by atoms with Gasteiger partial charge in [-0.3, -0.25) is 4.79 Å². The van der Waals surface area contributed by atoms with Gasteiger partial charge in [0.05, 0.1) is 11.1 Å². The lowest BCUT2D eigenvalue weighted by molar-refractivity contribution is -0.118. The van der Waals surface area contributed by atoms with E-state index >= 15 is 0 Å². The molecular formula is C23H24N6O2. The van der Waals surface area contributed by atoms with Crippen LogP contribution in [0.25, 0.3) is 22.4 Å². The minimum Gasteiger partial charge on any atom is -0.487 e. The average molecular weight is 416 g/mol. The van der Waals surface area contributed by atoms with E-state index in [9.17, 15) is 4.79 Å². The Hall–Kier alpha value is -4.07. The van der Waals surface area contributed by atoms with Gasteiger partial charge in [0.25, 0.3) is 0 Å². The van der Waals surface area contributed by atoms with Crippen LogP contribution in [-0.2, 0) is 11.4 Å². The minimum absolute atomic E-state index is 0.0674. The highest BCUT2D eigenvalue weighted by molar-refractivity contribution is 5.89. The third-order valence-corrected chi connectivity index (χ3v) is 4.62. The maximum atomic E-state index is 11.1. The summed E-state index contributed by atoms with van der Waals surface area (Å²) in [7, 11) is 0. The van der Waals surface area contributed by atoms with Crippen molar-refractivity contribution >= 4 is 28.4 Å². The average Bonchev–Trinajstić information content (AvgIpc) is 3.19. The van der Waals surface area contributed by atoms with Gasteiger partial charge in [-0.25, -0.2) is 9.97 Å². The molecule has 0 saturated heterocycles. The van der Waals surface area contributed by atoms with Crippen LogP contribution in [0.15, 0.2) is 60.7 Å². The molecule has 0 aliphatic heterocycles. The lowest BCUT2D eigenvalue weighted by Gasteiger charge is -2.09. The summed E-state index contributed by atoms with van der Waals surface area (Å²) in [6.07, 6.45) is 0. The Labute approximate surface area is 179 Å². The quantitative estimate of drug-likeness (QED) is 0.258. The van der Waals surface area contributed by atoms with Crippen LogP contribution in [-0.4, -0.2) is 33.9 Å². The third kappa shape index (κ3) is 5.11. The predicted molar refractivity (Wildman–Crippen MR) is 122 cm³/mol. The monoisotopic (exact) mass is 416 g/mol. The van der Waals surface area contributed by atoms with Crippen molar-refractivity contribution in [1.82, 2.24) is 20.3 Å². The van der Waals surface area contributed by atoms with Crippen molar-refractivity contribution in [3.63, 3.8) is 0 Å². The number of hydrogen-bond acceptors (Lipinski definition) is 6. The Morgan fingerprint density at radius 2 is 1.90 bits per heavy atom. The van der Waals surface area contributed by atoms with Crippen molar-refractivity contribution in [2.45, 2.75) is 13.5 Å². The number of aromatic nitrogens is 3. The molecule has 0 unspecified atom stereocenters. The van der Waals surface area contributed by atoms with E-state index in [1.807, 2.05) is 54.6 Å². The molecule has 4 rings (SSSR count). The summed E-state index contributed by atoms with van der Waals surface area (Å²) in [5.41, 5.74) is 8.96. The summed E-state index contributed by atoms with van der Waals surface area (Å²) in [4.78, 5) is 23.9. The zero-order chi connectivity index (χ0) is 21.6. The fraction of sp³-hybridized carbons (Fsp3) is 0.174. The van der Waals surface area contributed by atoms with Gasteiger partial charge in [-0.05, 0) is 18.2 Å². The summed E-state index contributed by atoms with van der Waals surface area (Å²) >= 11 is 0. The normalized spacial score (nSPS) is 10.7. The van der Waals surface area contributed by atoms with Crippen molar-refractivity contribution in [1.29, 1.82) is 0 Å². The highest BCUT2D eigenvalue weighted by atomic mass is 16.5. The molecule has 0 saturated carbocycles. The highest BCUT2D eigenvalue weighted by Crippen LogP contribution is 2.26. The van der Waals surface area contributed by atoms with E-state index in [0.29, 0.717) is 48.4 Å². The molecule has 0 aliphatic carbocycles. The Bertz CT molecular complexity index is 1190. The maximum absolute atomic E-state index is 11.1. The molecule has 2 aromatic heterocycles. The third-order valence-electron chi connectivity index (χ3n) is 4.62. The molecule has 1 amide bonds. The summed E-state index contributed by atoms with van der Waals surface area (Å²) in [6, 6.07) is 19.1. The first kappa shape index (κ1) is 20.2. The van der Waals surface area contributed by atoms with Crippen LogP contribution < -0.4 is 21.1 Å². The largest absolute Gasteiger partial charge is 0.487 e. The van der Waals surface area contributed by atoms with Gasteiger partial charge in [-0.2, -0.15) is 0 Å². The molecule has 0 bridgehead atoms. The van der Waals surface area contributed by atoms with Gasteiger partial charge in [0.1, 0.15) is 23.8 Å². The number of fused-ring (bicyclic) bond motifs is 1. The molecule has 4 aromatic rings. The zero-order valence-electron chi connectivity index (χ0n) is 17.2. The van der Waals surface area contributed by atoms with Gasteiger partial charge in [-0.15, -0.1) is 0 Å². The number of hydrogen-bond donors (Lipinski definition) is 4. The van der Waals surface area contributed by atoms with Crippen LogP contribution in [0.1, 0.15) is 12.6 Å². The van der Waals surface area contributed by atoms with E-state index < -0.39 is 0 Å². The van der Waals surface area contributed by atoms with Crippen LogP contribution in [0.4, 0.5) is 11.5 Å². The molecule has 0 radical (unpaired) electrons. The van der Waals surface area contributed by atoms with E-state index in [4.69, 9.17) is 20.4 Å². The zero-order valence-corrected chi connectivity index (χ0v) is 17.2. The Morgan fingerprint density at radius 1 is 1.06 bits per heavy atom. The number of nitrogens with two attached hydrogens (primary N) is 1. The molecule has 158 valence electrons. The van der Waals surface area contributed by atoms with Crippen molar-refractivity contribution in [2.24, 2.45) is 0 Å². The maximum Gasteiger partial charge on any atom is 0.216 e. The van der Waals surface area contributed by atoms with E-state index in [2.05, 4.69) is 15.6 Å². The van der Waals surface area contributed by atoms with E-state index in [0.717, 1.165) is 16.6 Å². The van der Waals surface area contributed by atoms with Gasteiger partial charge in [-0.1, -0.05) is 36.4 Å². The number of nitrogens with one attached hydrogen (secondary N) is 3.